The number of aromatic nitrogens is 12. The van der Waals surface area contributed by atoms with Crippen LogP contribution in [0.5, 0.6) is 0 Å². The van der Waals surface area contributed by atoms with E-state index in [2.05, 4.69) is 202 Å². The summed E-state index contributed by atoms with van der Waals surface area (Å²) in [6.45, 7) is 34.0. The summed E-state index contributed by atoms with van der Waals surface area (Å²) >= 11 is 20.0. The standard InChI is InChI=1S/C23H32N8O.C17H19ClN6.C17H20N6O.C6H14N2O.Cl3OP/c1-2-29-9-11-31(12-10-29)19-5-3-18(4-6-19)21-27-22(20-23(28-21)26-17-25-20)24-7-8-30-13-15-32-16-14-30;1-2-23-7-9-24(10-8-23)13-5-3-12(4-6-13)16-21-15(18)14-17(22-16)20-11-19-14;1-2-22-7-9-23(10-8-22)13-5-3-12(4-6-13)15-20-16-14(17(24)21-15)18-11-19-16;7-1-2-8-3-5-9-6-4-8;1-5(2,3)4/h3-6,17H,2,7-16H2,1H3,(H2,24,25,26,27,28);3-6,11H,2,7-10H2,1H3,(H,19,20,21,22);3-6,11H,2,7-10H2,1H3,(H2,18,19,20,21,24);1-7H2;. The molecule has 6 aromatic heterocycles. The summed E-state index contributed by atoms with van der Waals surface area (Å²) in [5, 5.41) is 0.660. The number of anilines is 4. The van der Waals surface area contributed by atoms with Gasteiger partial charge in [-0.2, -0.15) is 0 Å². The normalized spacial score (nSPS) is 17.2. The summed E-state index contributed by atoms with van der Waals surface area (Å²) in [6.07, 6.45) is 4.74. The Morgan fingerprint density at radius 2 is 0.872 bits per heavy atom. The maximum atomic E-state index is 12.0. The molecule has 0 spiro atoms. The zero-order valence-electron chi connectivity index (χ0n) is 53.6. The molecule has 5 aliphatic rings. The van der Waals surface area contributed by atoms with Gasteiger partial charge in [0.25, 0.3) is 5.56 Å². The molecule has 0 unspecified atom stereocenters. The number of halogens is 4. The topological polar surface area (TPSA) is 283 Å². The first-order chi connectivity index (χ1) is 45.7. The molecule has 26 nitrogen and oxygen atoms in total. The lowest BCUT2D eigenvalue weighted by Crippen LogP contribution is -2.46. The Morgan fingerprint density at radius 1 is 0.489 bits per heavy atom. The largest absolute Gasteiger partial charge is 0.379 e. The van der Waals surface area contributed by atoms with Crippen LogP contribution >= 0.6 is 50.5 Å². The van der Waals surface area contributed by atoms with E-state index in [1.165, 1.54) is 23.4 Å². The van der Waals surface area contributed by atoms with Crippen molar-refractivity contribution in [3.63, 3.8) is 0 Å². The molecule has 31 heteroatoms. The van der Waals surface area contributed by atoms with Crippen molar-refractivity contribution in [2.45, 2.75) is 20.8 Å². The van der Waals surface area contributed by atoms with Crippen LogP contribution in [0, 0.1) is 0 Å². The van der Waals surface area contributed by atoms with E-state index in [1.807, 2.05) is 24.3 Å². The van der Waals surface area contributed by atoms with Crippen LogP contribution in [-0.2, 0) is 14.0 Å². The molecule has 11 heterocycles. The number of fused-ring (bicyclic) bond motifs is 3. The number of morpholine rings is 2. The van der Waals surface area contributed by atoms with Crippen molar-refractivity contribution in [1.29, 1.82) is 0 Å². The van der Waals surface area contributed by atoms with E-state index in [4.69, 9.17) is 31.8 Å². The Balaban J connectivity index is 0.000000141. The van der Waals surface area contributed by atoms with Crippen molar-refractivity contribution in [3.05, 3.63) is 107 Å². The summed E-state index contributed by atoms with van der Waals surface area (Å²) in [4.78, 5) is 78.6. The maximum Gasteiger partial charge on any atom is 0.339 e. The van der Waals surface area contributed by atoms with Gasteiger partial charge in [0.2, 0.25) is 0 Å². The Morgan fingerprint density at radius 3 is 1.31 bits per heavy atom. The highest BCUT2D eigenvalue weighted by atomic mass is 36.0. The third-order valence-corrected chi connectivity index (χ3v) is 17.4. The minimum Gasteiger partial charge on any atom is -0.379 e. The van der Waals surface area contributed by atoms with Crippen molar-refractivity contribution in [2.24, 2.45) is 5.73 Å². The van der Waals surface area contributed by atoms with Crippen LogP contribution in [0.25, 0.3) is 67.7 Å². The molecule has 7 N–H and O–H groups in total. The summed E-state index contributed by atoms with van der Waals surface area (Å²) in [5.74, 6) is 2.64. The Bertz CT molecular complexity index is 3850. The maximum absolute atomic E-state index is 12.0. The predicted octanol–water partition coefficient (Wildman–Crippen LogP) is 8.26. The van der Waals surface area contributed by atoms with Gasteiger partial charge in [-0.15, -0.1) is 0 Å². The Hall–Kier alpha value is -6.62. The number of H-pyrrole nitrogens is 4. The molecule has 0 atom stereocenters. The first-order valence-corrected chi connectivity index (χ1v) is 37.0. The summed E-state index contributed by atoms with van der Waals surface area (Å²) in [6, 6.07) is 25.1. The Kier molecular flexibility index (Phi) is 26.0. The van der Waals surface area contributed by atoms with Crippen molar-refractivity contribution in [1.82, 2.24) is 84.3 Å². The van der Waals surface area contributed by atoms with E-state index in [-0.39, 0.29) is 5.56 Å². The van der Waals surface area contributed by atoms with E-state index in [0.717, 1.165) is 205 Å². The van der Waals surface area contributed by atoms with Crippen LogP contribution in [0.3, 0.4) is 0 Å². The second-order valence-electron chi connectivity index (χ2n) is 22.9. The molecule has 94 heavy (non-hydrogen) atoms. The van der Waals surface area contributed by atoms with Gasteiger partial charge in [-0.05, 0) is 126 Å². The van der Waals surface area contributed by atoms with Crippen molar-refractivity contribution in [2.75, 3.05) is 197 Å². The molecule has 5 saturated heterocycles. The smallest absolute Gasteiger partial charge is 0.339 e. The average molecular weight is 1390 g/mol. The lowest BCUT2D eigenvalue weighted by Gasteiger charge is -2.35. The second-order valence-corrected chi connectivity index (χ2v) is 29.9. The van der Waals surface area contributed by atoms with Gasteiger partial charge in [0.05, 0.1) is 45.4 Å². The number of ether oxygens (including phenoxy) is 2. The van der Waals surface area contributed by atoms with E-state index in [1.54, 1.807) is 12.7 Å². The minimum absolute atomic E-state index is 0.202. The fraction of sp³-hybridized carbons (Fsp3) is 0.476. The zero-order valence-corrected chi connectivity index (χ0v) is 57.5. The minimum atomic E-state index is -3.22. The molecule has 0 radical (unpaired) electrons. The second kappa shape index (κ2) is 34.9. The predicted molar refractivity (Wildman–Crippen MR) is 379 cm³/mol. The first kappa shape index (κ1) is 70.2. The number of imidazole rings is 3. The van der Waals surface area contributed by atoms with Gasteiger partial charge in [-0.3, -0.25) is 19.2 Å². The van der Waals surface area contributed by atoms with Crippen LogP contribution in [0.2, 0.25) is 5.15 Å². The van der Waals surface area contributed by atoms with Crippen LogP contribution in [0.15, 0.2) is 96.6 Å². The highest BCUT2D eigenvalue weighted by Crippen LogP contribution is 2.61. The third kappa shape index (κ3) is 20.0. The fourth-order valence-corrected chi connectivity index (χ4v) is 11.8. The molecule has 14 rings (SSSR count). The van der Waals surface area contributed by atoms with Gasteiger partial charge < -0.3 is 69.9 Å². The van der Waals surface area contributed by atoms with Crippen molar-refractivity contribution >= 4 is 107 Å². The molecule has 0 amide bonds. The van der Waals surface area contributed by atoms with Gasteiger partial charge in [0.15, 0.2) is 45.1 Å². The molecule has 0 saturated carbocycles. The zero-order chi connectivity index (χ0) is 65.8. The lowest BCUT2D eigenvalue weighted by molar-refractivity contribution is 0.0394. The van der Waals surface area contributed by atoms with E-state index in [0.29, 0.717) is 50.6 Å². The third-order valence-electron chi connectivity index (χ3n) is 17.1. The number of piperazine rings is 3. The highest BCUT2D eigenvalue weighted by molar-refractivity contribution is 8.24. The number of aromatic amines is 4. The number of nitrogens with one attached hydrogen (secondary N) is 5. The molecule has 9 aromatic rings. The van der Waals surface area contributed by atoms with Gasteiger partial charge in [0, 0.05) is 165 Å². The monoisotopic (exact) mass is 1380 g/mol. The quantitative estimate of drug-likeness (QED) is 0.0416. The molecule has 0 bridgehead atoms. The molecular formula is C63H85Cl4N22O4P. The van der Waals surface area contributed by atoms with Crippen LogP contribution < -0.4 is 31.3 Å². The lowest BCUT2D eigenvalue weighted by atomic mass is 10.1. The fourth-order valence-electron chi connectivity index (χ4n) is 11.6. The van der Waals surface area contributed by atoms with Gasteiger partial charge in [0.1, 0.15) is 16.9 Å². The summed E-state index contributed by atoms with van der Waals surface area (Å²) < 4.78 is 20.1. The Labute approximate surface area is 567 Å². The van der Waals surface area contributed by atoms with E-state index < -0.39 is 5.20 Å². The molecule has 504 valence electrons. The van der Waals surface area contributed by atoms with Crippen LogP contribution in [-0.4, -0.2) is 261 Å². The first-order valence-electron chi connectivity index (χ1n) is 32.2. The number of hydrogen-bond acceptors (Lipinski definition) is 22. The number of hydrogen-bond donors (Lipinski definition) is 6. The van der Waals surface area contributed by atoms with Gasteiger partial charge in [-0.25, -0.2) is 39.9 Å². The average Bonchev–Trinajstić information content (AvgIpc) is 1.42. The van der Waals surface area contributed by atoms with Crippen LogP contribution in [0.1, 0.15) is 20.8 Å². The number of rotatable bonds is 15. The number of nitrogens with zero attached hydrogens (tertiary/aromatic N) is 16. The molecular weight excluding hydrogens is 1300 g/mol. The van der Waals surface area contributed by atoms with Crippen molar-refractivity contribution in [3.8, 4) is 34.2 Å². The molecule has 5 fully saturated rings. The molecule has 5 aliphatic heterocycles. The number of benzene rings is 3. The molecule has 3 aromatic carbocycles. The summed E-state index contributed by atoms with van der Waals surface area (Å²) in [5.41, 5.74) is 15.3. The highest BCUT2D eigenvalue weighted by Gasteiger charge is 2.21. The van der Waals surface area contributed by atoms with Crippen molar-refractivity contribution < 1.29 is 14.0 Å². The van der Waals surface area contributed by atoms with Crippen LogP contribution in [0.4, 0.5) is 22.9 Å². The number of likely N-dealkylation sites (N-methyl/N-ethyl adjacent to an activating group) is 3. The van der Waals surface area contributed by atoms with Gasteiger partial charge in [-0.1, -0.05) is 32.4 Å². The number of nitrogens with two attached hydrogens (primary N) is 1. The SMILES string of the molecule is CCN1CCN(c2ccc(-c3nc(Cl)c4[nH]cnc4n3)cc2)CC1.CCN1CCN(c2ccc(-c3nc(NCCN4CCOCC4)c4[nH]cnc4n3)cc2)CC1.CCN1CCN(c2ccc(-c3nc4nc[nH]c4c(=O)[nH]3)cc2)CC1.NCCN1CCOCC1.O=P(Cl)(Cl)Cl. The van der Waals surface area contributed by atoms with Gasteiger partial charge >= 0.3 is 5.20 Å². The summed E-state index contributed by atoms with van der Waals surface area (Å²) in [7, 11) is 0. The van der Waals surface area contributed by atoms with E-state index >= 15 is 0 Å². The van der Waals surface area contributed by atoms with E-state index in [9.17, 15) is 9.36 Å². The molecule has 0 aliphatic carbocycles.